The number of pyridine rings is 8. The Bertz CT molecular complexity index is 5500. The van der Waals surface area contributed by atoms with Crippen molar-refractivity contribution >= 4 is 145 Å². The van der Waals surface area contributed by atoms with Crippen molar-refractivity contribution in [3.8, 4) is 0 Å². The molecule has 0 aliphatic rings. The molecular weight excluding hydrogens is 1320 g/mol. The van der Waals surface area contributed by atoms with Crippen LogP contribution in [0.1, 0.15) is 150 Å². The number of anilines is 12. The molecule has 8 aromatic heterocycles. The van der Waals surface area contributed by atoms with E-state index in [-0.39, 0.29) is 21.7 Å². The third-order valence-electron chi connectivity index (χ3n) is 22.3. The minimum absolute atomic E-state index is 0.123. The lowest BCUT2D eigenvalue weighted by Gasteiger charge is -2.36. The van der Waals surface area contributed by atoms with Crippen LogP contribution < -0.4 is 19.6 Å². The Balaban J connectivity index is 1.15. The van der Waals surface area contributed by atoms with E-state index >= 15 is 0 Å². The number of hydrogen-bond donors (Lipinski definition) is 0. The van der Waals surface area contributed by atoms with Crippen molar-refractivity contribution in [3.63, 3.8) is 0 Å². The van der Waals surface area contributed by atoms with Crippen LogP contribution in [0, 0.1) is 55.4 Å². The van der Waals surface area contributed by atoms with E-state index in [4.69, 9.17) is 39.9 Å². The zero-order valence-electron chi connectivity index (χ0n) is 66.0. The van der Waals surface area contributed by atoms with Gasteiger partial charge in [0, 0.05) is 101 Å². The zero-order valence-corrected chi connectivity index (χ0v) is 66.0. The van der Waals surface area contributed by atoms with E-state index in [0.717, 1.165) is 167 Å². The lowest BCUT2D eigenvalue weighted by molar-refractivity contribution is 0.590. The second-order valence-electron chi connectivity index (χ2n) is 33.6. The summed E-state index contributed by atoms with van der Waals surface area (Å²) < 4.78 is 0. The van der Waals surface area contributed by atoms with Gasteiger partial charge in [0.05, 0.1) is 68.3 Å². The van der Waals surface area contributed by atoms with E-state index in [1.54, 1.807) is 0 Å². The Hall–Kier alpha value is -11.8. The third kappa shape index (κ3) is 11.9. The molecule has 538 valence electrons. The molecule has 0 amide bonds. The summed E-state index contributed by atoms with van der Waals surface area (Å²) in [5.74, 6) is 0. The number of rotatable bonds is 12. The van der Waals surface area contributed by atoms with Crippen LogP contribution in [0.5, 0.6) is 0 Å². The van der Waals surface area contributed by atoms with E-state index < -0.39 is 0 Å². The molecule has 0 atom stereocenters. The highest BCUT2D eigenvalue weighted by Gasteiger charge is 2.35. The second-order valence-corrected chi connectivity index (χ2v) is 33.6. The first kappa shape index (κ1) is 70.5. The molecule has 0 saturated heterocycles. The van der Waals surface area contributed by atoms with Gasteiger partial charge in [-0.3, -0.25) is 0 Å². The van der Waals surface area contributed by atoms with Crippen LogP contribution in [-0.4, -0.2) is 39.9 Å². The third-order valence-corrected chi connectivity index (χ3v) is 22.3. The van der Waals surface area contributed by atoms with Gasteiger partial charge in [-0.15, -0.1) is 0 Å². The van der Waals surface area contributed by atoms with E-state index in [9.17, 15) is 0 Å². The van der Waals surface area contributed by atoms with Gasteiger partial charge in [-0.1, -0.05) is 156 Å². The number of fused-ring (bicyclic) bond motifs is 4. The van der Waals surface area contributed by atoms with Gasteiger partial charge >= 0.3 is 0 Å². The molecule has 0 N–H and O–H groups in total. The molecule has 16 aromatic rings. The molecule has 0 saturated carbocycles. The summed E-state index contributed by atoms with van der Waals surface area (Å²) in [7, 11) is 0. The number of nitrogens with zero attached hydrogens (tertiary/aromatic N) is 12. The summed E-state index contributed by atoms with van der Waals surface area (Å²) in [5.41, 5.74) is 26.5. The Morgan fingerprint density at radius 3 is 0.611 bits per heavy atom. The first-order chi connectivity index (χ1) is 51.4. The molecule has 0 radical (unpaired) electrons. The Labute approximate surface area is 634 Å². The highest BCUT2D eigenvalue weighted by molar-refractivity contribution is 6.33. The average molecular weight is 1420 g/mol. The Kier molecular flexibility index (Phi) is 17.0. The van der Waals surface area contributed by atoms with E-state index in [1.807, 2.05) is 49.1 Å². The van der Waals surface area contributed by atoms with Gasteiger partial charge in [0.15, 0.2) is 22.6 Å². The molecule has 8 heterocycles. The summed E-state index contributed by atoms with van der Waals surface area (Å²) in [4.78, 5) is 51.3. The van der Waals surface area contributed by atoms with Crippen molar-refractivity contribution in [2.45, 2.75) is 160 Å². The average Bonchev–Trinajstić information content (AvgIpc) is 0.694. The maximum Gasteiger partial charge on any atom is 0.159 e. The van der Waals surface area contributed by atoms with Crippen molar-refractivity contribution in [2.75, 3.05) is 19.6 Å². The SMILES string of the molecule is Cc1nc2ncccc2c(C)c1N(c1ccc(C(C)(C)C)cc1)c1cc(N(c2ccc(C(C)(C)C)cc2)c2c(C)nc3ncccc3c2C)c2ccc3c(N(c4ccc(C(C)(C)C)cc4)c4c(C)nc5ncccc5c4C)cc(N(c4ccc(C(C)(C)C)cc4)c4c(C)nc5ncccc5c4C)c4ccc1c2c43. The van der Waals surface area contributed by atoms with Crippen molar-refractivity contribution in [1.82, 2.24) is 39.9 Å². The molecule has 0 aliphatic carbocycles. The fourth-order valence-electron chi connectivity index (χ4n) is 16.5. The summed E-state index contributed by atoms with van der Waals surface area (Å²) in [6.45, 7) is 44.9. The highest BCUT2D eigenvalue weighted by Crippen LogP contribution is 2.58. The highest BCUT2D eigenvalue weighted by atomic mass is 15.2. The molecule has 0 aliphatic heterocycles. The van der Waals surface area contributed by atoms with Gasteiger partial charge in [0.25, 0.3) is 0 Å². The minimum atomic E-state index is -0.123. The first-order valence-electron chi connectivity index (χ1n) is 37.7. The standard InChI is InChI=1S/C96H94N12/c1-55-71-25-21-49-97-89(71)101-59(5)85(55)105(67-37-29-63(30-38-67)93(9,10)11)79-53-80(106(68-39-31-64(32-40-68)94(12,13)14)86-56(2)72-26-22-50-98-90(72)102-60(86)6)76-47-48-78-82(108(70-43-35-66(36-44-70)96(18,19)20)88-58(4)74-28-24-52-100-92(74)104-62(88)8)54-81(77-46-45-75(79)83(76)84(77)78)107(69-41-33-65(34-42-69)95(15,16)17)87-57(3)73-27-23-51-99-91(73)103-61(87)7/h21-54H,1-20H3. The maximum absolute atomic E-state index is 5.43. The topological polar surface area (TPSA) is 116 Å². The quantitative estimate of drug-likeness (QED) is 0.108. The predicted octanol–water partition coefficient (Wildman–Crippen LogP) is 25.9. The summed E-state index contributed by atoms with van der Waals surface area (Å²) in [6, 6.07) is 68.1. The van der Waals surface area contributed by atoms with E-state index in [1.165, 1.54) is 22.3 Å². The molecule has 12 heteroatoms. The molecule has 0 unspecified atom stereocenters. The molecule has 12 nitrogen and oxygen atoms in total. The fraction of sp³-hybridized carbons (Fsp3) is 0.250. The number of aromatic nitrogens is 8. The van der Waals surface area contributed by atoms with Crippen LogP contribution in [0.25, 0.3) is 76.5 Å². The lowest BCUT2D eigenvalue weighted by atomic mass is 9.86. The maximum atomic E-state index is 5.43. The predicted molar refractivity (Wildman–Crippen MR) is 454 cm³/mol. The lowest BCUT2D eigenvalue weighted by Crippen LogP contribution is -2.19. The van der Waals surface area contributed by atoms with Crippen molar-refractivity contribution in [2.24, 2.45) is 0 Å². The van der Waals surface area contributed by atoms with Crippen LogP contribution >= 0.6 is 0 Å². The van der Waals surface area contributed by atoms with Crippen LogP contribution in [0.3, 0.4) is 0 Å². The van der Waals surface area contributed by atoms with Gasteiger partial charge in [0.1, 0.15) is 0 Å². The largest absolute Gasteiger partial charge is 0.308 e. The molecule has 0 fully saturated rings. The van der Waals surface area contributed by atoms with Gasteiger partial charge in [-0.25, -0.2) is 39.9 Å². The van der Waals surface area contributed by atoms with Crippen LogP contribution in [-0.2, 0) is 21.7 Å². The fourth-order valence-corrected chi connectivity index (χ4v) is 16.5. The minimum Gasteiger partial charge on any atom is -0.308 e. The summed E-state index contributed by atoms with van der Waals surface area (Å²) in [5, 5.41) is 10.2. The zero-order chi connectivity index (χ0) is 75.9. The van der Waals surface area contributed by atoms with Crippen molar-refractivity contribution < 1.29 is 0 Å². The summed E-state index contributed by atoms with van der Waals surface area (Å²) in [6.07, 6.45) is 7.36. The van der Waals surface area contributed by atoms with Gasteiger partial charge in [-0.05, 0) is 231 Å². The molecule has 108 heavy (non-hydrogen) atoms. The monoisotopic (exact) mass is 1410 g/mol. The number of hydrogen-bond acceptors (Lipinski definition) is 12. The molecule has 8 aromatic carbocycles. The molecule has 0 spiro atoms. The summed E-state index contributed by atoms with van der Waals surface area (Å²) >= 11 is 0. The molecular formula is C96H94N12. The Morgan fingerprint density at radius 1 is 0.231 bits per heavy atom. The van der Waals surface area contributed by atoms with Gasteiger partial charge < -0.3 is 19.6 Å². The van der Waals surface area contributed by atoms with Gasteiger partial charge in [0.2, 0.25) is 0 Å². The van der Waals surface area contributed by atoms with Crippen molar-refractivity contribution in [1.29, 1.82) is 0 Å². The molecule has 16 rings (SSSR count). The normalized spacial score (nSPS) is 12.4. The van der Waals surface area contributed by atoms with E-state index in [0.29, 0.717) is 22.6 Å². The smallest absolute Gasteiger partial charge is 0.159 e. The van der Waals surface area contributed by atoms with Crippen molar-refractivity contribution in [3.05, 3.63) is 274 Å². The first-order valence-corrected chi connectivity index (χ1v) is 37.7. The van der Waals surface area contributed by atoms with Crippen LogP contribution in [0.15, 0.2) is 207 Å². The molecule has 0 bridgehead atoms. The number of aryl methyl sites for hydroxylation is 8. The van der Waals surface area contributed by atoms with Crippen LogP contribution in [0.4, 0.5) is 68.2 Å². The van der Waals surface area contributed by atoms with Gasteiger partial charge in [-0.2, -0.15) is 0 Å². The van der Waals surface area contributed by atoms with Crippen LogP contribution in [0.2, 0.25) is 0 Å². The second kappa shape index (κ2) is 26.0. The number of benzene rings is 8. The Morgan fingerprint density at radius 2 is 0.426 bits per heavy atom. The van der Waals surface area contributed by atoms with E-state index in [2.05, 4.69) is 316 Å².